The van der Waals surface area contributed by atoms with Gasteiger partial charge in [-0.3, -0.25) is 10.4 Å². The van der Waals surface area contributed by atoms with E-state index in [-0.39, 0.29) is 6.04 Å². The number of halogens is 1. The van der Waals surface area contributed by atoms with Crippen molar-refractivity contribution in [2.45, 2.75) is 32.0 Å². The Kier molecular flexibility index (Phi) is 4.56. The standard InChI is InChI=1S/C17H22ClN7O/c1-10-14(18)12(3-6-20-10)26-17-15-16(23-24(17)2)22-13(9-21-15)25-7-4-11(19)5-8-25/h3,6,9,11,17H,4-5,7-8,19H2,1-2H3,(H,22,23). The first-order chi connectivity index (χ1) is 12.5. The number of hydrogen-bond acceptors (Lipinski definition) is 8. The number of hydrazine groups is 1. The quantitative estimate of drug-likeness (QED) is 0.842. The largest absolute Gasteiger partial charge is 0.466 e. The molecule has 4 rings (SSSR count). The highest BCUT2D eigenvalue weighted by molar-refractivity contribution is 6.32. The SMILES string of the molecule is Cc1nccc(OC2c3ncc(N4CCC(N)CC4)nc3NN2C)c1Cl. The van der Waals surface area contributed by atoms with Crippen LogP contribution in [0.5, 0.6) is 5.75 Å². The molecule has 0 saturated carbocycles. The summed E-state index contributed by atoms with van der Waals surface area (Å²) < 4.78 is 6.08. The van der Waals surface area contributed by atoms with Crippen molar-refractivity contribution in [2.75, 3.05) is 30.5 Å². The predicted molar refractivity (Wildman–Crippen MR) is 100 cm³/mol. The molecule has 0 bridgehead atoms. The van der Waals surface area contributed by atoms with Gasteiger partial charge in [0.05, 0.1) is 11.9 Å². The molecule has 0 spiro atoms. The zero-order valence-corrected chi connectivity index (χ0v) is 15.6. The molecule has 0 radical (unpaired) electrons. The van der Waals surface area contributed by atoms with Gasteiger partial charge in [-0.25, -0.2) is 9.97 Å². The molecule has 0 aliphatic carbocycles. The molecular formula is C17H22ClN7O. The third kappa shape index (κ3) is 3.15. The van der Waals surface area contributed by atoms with Gasteiger partial charge in [0, 0.05) is 38.4 Å². The lowest BCUT2D eigenvalue weighted by atomic mass is 10.1. The van der Waals surface area contributed by atoms with Crippen LogP contribution in [0.25, 0.3) is 0 Å². The van der Waals surface area contributed by atoms with Crippen molar-refractivity contribution in [2.24, 2.45) is 5.73 Å². The molecule has 26 heavy (non-hydrogen) atoms. The van der Waals surface area contributed by atoms with Crippen LogP contribution in [-0.2, 0) is 0 Å². The molecule has 1 fully saturated rings. The average molecular weight is 376 g/mol. The van der Waals surface area contributed by atoms with Gasteiger partial charge in [0.15, 0.2) is 5.82 Å². The van der Waals surface area contributed by atoms with E-state index in [0.717, 1.165) is 43.1 Å². The molecule has 4 heterocycles. The molecule has 2 aromatic heterocycles. The molecule has 2 aliphatic heterocycles. The second-order valence-electron chi connectivity index (χ2n) is 6.69. The molecular weight excluding hydrogens is 354 g/mol. The van der Waals surface area contributed by atoms with Crippen LogP contribution in [-0.4, -0.2) is 46.1 Å². The summed E-state index contributed by atoms with van der Waals surface area (Å²) >= 11 is 6.31. The van der Waals surface area contributed by atoms with E-state index in [9.17, 15) is 0 Å². The van der Waals surface area contributed by atoms with Crippen LogP contribution in [0, 0.1) is 6.92 Å². The van der Waals surface area contributed by atoms with Gasteiger partial charge in [0.1, 0.15) is 22.3 Å². The van der Waals surface area contributed by atoms with Gasteiger partial charge in [-0.05, 0) is 19.8 Å². The number of aryl methyl sites for hydroxylation is 1. The third-order valence-electron chi connectivity index (χ3n) is 4.79. The van der Waals surface area contributed by atoms with Crippen LogP contribution in [0.2, 0.25) is 5.02 Å². The van der Waals surface area contributed by atoms with Crippen molar-refractivity contribution in [3.05, 3.63) is 34.9 Å². The molecule has 9 heteroatoms. The molecule has 1 unspecified atom stereocenters. The van der Waals surface area contributed by atoms with Crippen LogP contribution in [0.1, 0.15) is 30.5 Å². The van der Waals surface area contributed by atoms with E-state index in [0.29, 0.717) is 16.6 Å². The van der Waals surface area contributed by atoms with Gasteiger partial charge in [0.25, 0.3) is 0 Å². The van der Waals surface area contributed by atoms with Gasteiger partial charge in [0.2, 0.25) is 6.23 Å². The molecule has 8 nitrogen and oxygen atoms in total. The van der Waals surface area contributed by atoms with Crippen molar-refractivity contribution >= 4 is 23.2 Å². The van der Waals surface area contributed by atoms with E-state index in [4.69, 9.17) is 27.1 Å². The smallest absolute Gasteiger partial charge is 0.215 e. The molecule has 2 aromatic rings. The molecule has 3 N–H and O–H groups in total. The van der Waals surface area contributed by atoms with E-state index >= 15 is 0 Å². The number of nitrogens with one attached hydrogen (secondary N) is 1. The first-order valence-electron chi connectivity index (χ1n) is 8.67. The number of nitrogens with zero attached hydrogens (tertiary/aromatic N) is 5. The van der Waals surface area contributed by atoms with Gasteiger partial charge in [-0.1, -0.05) is 11.6 Å². The van der Waals surface area contributed by atoms with E-state index in [2.05, 4.69) is 20.3 Å². The summed E-state index contributed by atoms with van der Waals surface area (Å²) in [5, 5.41) is 2.33. The van der Waals surface area contributed by atoms with Crippen LogP contribution in [0.4, 0.5) is 11.6 Å². The Morgan fingerprint density at radius 1 is 1.31 bits per heavy atom. The van der Waals surface area contributed by atoms with Crippen LogP contribution >= 0.6 is 11.6 Å². The normalized spacial score (nSPS) is 20.8. The summed E-state index contributed by atoms with van der Waals surface area (Å²) in [6.45, 7) is 3.64. The Labute approximate surface area is 157 Å². The van der Waals surface area contributed by atoms with Gasteiger partial charge in [-0.2, -0.15) is 5.01 Å². The molecule has 2 aliphatic rings. The topological polar surface area (TPSA) is 92.4 Å². The van der Waals surface area contributed by atoms with Crippen LogP contribution < -0.4 is 20.8 Å². The van der Waals surface area contributed by atoms with Crippen LogP contribution in [0.15, 0.2) is 18.5 Å². The fourth-order valence-corrected chi connectivity index (χ4v) is 3.37. The first-order valence-corrected chi connectivity index (χ1v) is 9.05. The summed E-state index contributed by atoms with van der Waals surface area (Å²) in [6, 6.07) is 2.03. The second kappa shape index (κ2) is 6.86. The highest BCUT2D eigenvalue weighted by Crippen LogP contribution is 2.37. The molecule has 0 aromatic carbocycles. The van der Waals surface area contributed by atoms with E-state index in [1.165, 1.54) is 0 Å². The minimum atomic E-state index is -0.416. The lowest BCUT2D eigenvalue weighted by Crippen LogP contribution is -2.40. The Hall–Kier alpha value is -2.16. The Morgan fingerprint density at radius 3 is 2.85 bits per heavy atom. The zero-order valence-electron chi connectivity index (χ0n) is 14.8. The fourth-order valence-electron chi connectivity index (χ4n) is 3.21. The zero-order chi connectivity index (χ0) is 18.3. The second-order valence-corrected chi connectivity index (χ2v) is 7.07. The number of aromatic nitrogens is 3. The molecule has 0 amide bonds. The Balaban J connectivity index is 1.57. The maximum absolute atomic E-state index is 6.31. The lowest BCUT2D eigenvalue weighted by molar-refractivity contribution is 0.0733. The van der Waals surface area contributed by atoms with Crippen molar-refractivity contribution in [1.29, 1.82) is 0 Å². The van der Waals surface area contributed by atoms with E-state index in [1.807, 2.05) is 19.0 Å². The van der Waals surface area contributed by atoms with Crippen molar-refractivity contribution < 1.29 is 4.74 Å². The minimum absolute atomic E-state index is 0.282. The fraction of sp³-hybridized carbons (Fsp3) is 0.471. The lowest BCUT2D eigenvalue weighted by Gasteiger charge is -2.30. The number of pyridine rings is 1. The first kappa shape index (κ1) is 17.3. The van der Waals surface area contributed by atoms with Crippen molar-refractivity contribution in [3.63, 3.8) is 0 Å². The van der Waals surface area contributed by atoms with E-state index < -0.39 is 6.23 Å². The average Bonchev–Trinajstić information content (AvgIpc) is 2.94. The summed E-state index contributed by atoms with van der Waals surface area (Å²) in [4.78, 5) is 15.7. The summed E-state index contributed by atoms with van der Waals surface area (Å²) in [7, 11) is 1.88. The third-order valence-corrected chi connectivity index (χ3v) is 5.25. The predicted octanol–water partition coefficient (Wildman–Crippen LogP) is 2.11. The number of piperidine rings is 1. The van der Waals surface area contributed by atoms with Gasteiger partial charge in [-0.15, -0.1) is 0 Å². The molecule has 1 saturated heterocycles. The van der Waals surface area contributed by atoms with Crippen LogP contribution in [0.3, 0.4) is 0 Å². The molecule has 138 valence electrons. The number of hydrogen-bond donors (Lipinski definition) is 2. The maximum Gasteiger partial charge on any atom is 0.215 e. The molecule has 1 atom stereocenters. The summed E-state index contributed by atoms with van der Waals surface area (Å²) in [5.74, 6) is 2.13. The Morgan fingerprint density at radius 2 is 2.08 bits per heavy atom. The van der Waals surface area contributed by atoms with Crippen molar-refractivity contribution in [1.82, 2.24) is 20.0 Å². The minimum Gasteiger partial charge on any atom is -0.466 e. The number of anilines is 2. The summed E-state index contributed by atoms with van der Waals surface area (Å²) in [5.41, 5.74) is 10.7. The van der Waals surface area contributed by atoms with E-state index in [1.54, 1.807) is 18.5 Å². The summed E-state index contributed by atoms with van der Waals surface area (Å²) in [6.07, 6.45) is 5.00. The maximum atomic E-state index is 6.31. The van der Waals surface area contributed by atoms with Gasteiger partial charge < -0.3 is 15.4 Å². The number of fused-ring (bicyclic) bond motifs is 1. The highest BCUT2D eigenvalue weighted by Gasteiger charge is 2.33. The van der Waals surface area contributed by atoms with Crippen molar-refractivity contribution in [3.8, 4) is 5.75 Å². The Bertz CT molecular complexity index is 810. The van der Waals surface area contributed by atoms with Gasteiger partial charge >= 0.3 is 0 Å². The number of nitrogens with two attached hydrogens (primary N) is 1. The number of rotatable bonds is 3. The highest BCUT2D eigenvalue weighted by atomic mass is 35.5. The monoisotopic (exact) mass is 375 g/mol. The number of ether oxygens (including phenoxy) is 1.